The molecule has 0 amide bonds. The number of ether oxygens (including phenoxy) is 1. The van der Waals surface area contributed by atoms with Crippen LogP contribution in [0.5, 0.6) is 5.75 Å². The molecule has 0 bridgehead atoms. The second-order valence-corrected chi connectivity index (χ2v) is 8.80. The van der Waals surface area contributed by atoms with Gasteiger partial charge < -0.3 is 9.64 Å². The predicted molar refractivity (Wildman–Crippen MR) is 125 cm³/mol. The van der Waals surface area contributed by atoms with Crippen molar-refractivity contribution in [1.82, 2.24) is 19.2 Å². The number of methoxy groups -OCH3 is 1. The van der Waals surface area contributed by atoms with Crippen LogP contribution in [-0.2, 0) is 13.2 Å². The minimum atomic E-state index is 0.568. The lowest BCUT2D eigenvalue weighted by molar-refractivity contribution is 0.194. The van der Waals surface area contributed by atoms with E-state index in [9.17, 15) is 0 Å². The van der Waals surface area contributed by atoms with Crippen LogP contribution in [0.2, 0.25) is 0 Å². The monoisotopic (exact) mass is 435 g/mol. The second kappa shape index (κ2) is 8.85. The second-order valence-electron chi connectivity index (χ2n) is 8.43. The van der Waals surface area contributed by atoms with Crippen LogP contribution in [0.25, 0.3) is 0 Å². The van der Waals surface area contributed by atoms with E-state index in [1.165, 1.54) is 24.1 Å². The summed E-state index contributed by atoms with van der Waals surface area (Å²) in [5.41, 5.74) is 2.52. The summed E-state index contributed by atoms with van der Waals surface area (Å²) in [4.78, 5) is 4.88. The van der Waals surface area contributed by atoms with Gasteiger partial charge in [0, 0.05) is 37.8 Å². The Kier molecular flexibility index (Phi) is 5.78. The third kappa shape index (κ3) is 4.52. The van der Waals surface area contributed by atoms with Crippen molar-refractivity contribution in [3.8, 4) is 5.75 Å². The van der Waals surface area contributed by atoms with Crippen LogP contribution in [0.15, 0.2) is 54.6 Å². The number of rotatable bonds is 7. The number of anilines is 1. The zero-order valence-electron chi connectivity index (χ0n) is 18.0. The van der Waals surface area contributed by atoms with Gasteiger partial charge in [-0.15, -0.1) is 0 Å². The lowest BCUT2D eigenvalue weighted by Crippen LogP contribution is -2.47. The maximum atomic E-state index is 5.87. The van der Waals surface area contributed by atoms with Crippen molar-refractivity contribution >= 4 is 17.9 Å². The number of benzene rings is 2. The zero-order valence-corrected chi connectivity index (χ0v) is 18.8. The van der Waals surface area contributed by atoms with Crippen molar-refractivity contribution in [3.63, 3.8) is 0 Å². The van der Waals surface area contributed by atoms with E-state index in [1.807, 2.05) is 16.8 Å². The molecule has 0 radical (unpaired) electrons. The van der Waals surface area contributed by atoms with E-state index in [2.05, 4.69) is 56.8 Å². The Hall–Kier alpha value is -2.64. The maximum Gasteiger partial charge on any atom is 0.199 e. The van der Waals surface area contributed by atoms with Crippen LogP contribution in [0.3, 0.4) is 0 Å². The molecule has 0 N–H and O–H groups in total. The summed E-state index contributed by atoms with van der Waals surface area (Å²) in [7, 11) is 1.70. The van der Waals surface area contributed by atoms with Crippen LogP contribution < -0.4 is 9.64 Å². The van der Waals surface area contributed by atoms with Gasteiger partial charge in [0.05, 0.1) is 20.3 Å². The molecule has 2 aliphatic rings. The molecule has 6 nitrogen and oxygen atoms in total. The van der Waals surface area contributed by atoms with E-state index >= 15 is 0 Å². The lowest BCUT2D eigenvalue weighted by Gasteiger charge is -2.35. The fourth-order valence-corrected chi connectivity index (χ4v) is 4.49. The van der Waals surface area contributed by atoms with Gasteiger partial charge in [-0.2, -0.15) is 5.10 Å². The SMILES string of the molecule is COc1ccc(N2CCN(Cn3nc(C4CC4)n(Cc4ccccc4)c3=S)CC2)cc1. The largest absolute Gasteiger partial charge is 0.497 e. The summed E-state index contributed by atoms with van der Waals surface area (Å²) in [5.74, 6) is 2.62. The van der Waals surface area contributed by atoms with Gasteiger partial charge in [0.2, 0.25) is 0 Å². The minimum Gasteiger partial charge on any atom is -0.497 e. The third-order valence-electron chi connectivity index (χ3n) is 6.22. The first-order chi connectivity index (χ1) is 15.2. The molecule has 2 fully saturated rings. The standard InChI is InChI=1S/C24H29N5OS/c1-30-22-11-9-21(10-12-22)27-15-13-26(14-16-27)18-29-24(31)28(23(25-29)20-7-8-20)17-19-5-3-2-4-6-19/h2-6,9-12,20H,7-8,13-18H2,1H3. The Morgan fingerprint density at radius 1 is 0.968 bits per heavy atom. The number of piperazine rings is 1. The van der Waals surface area contributed by atoms with E-state index in [0.717, 1.165) is 55.7 Å². The first-order valence-electron chi connectivity index (χ1n) is 11.0. The van der Waals surface area contributed by atoms with Crippen LogP contribution in [-0.4, -0.2) is 52.5 Å². The van der Waals surface area contributed by atoms with Crippen molar-refractivity contribution in [2.75, 3.05) is 38.2 Å². The molecule has 1 saturated carbocycles. The molecule has 1 aliphatic carbocycles. The van der Waals surface area contributed by atoms with Gasteiger partial charge >= 0.3 is 0 Å². The van der Waals surface area contributed by atoms with Gasteiger partial charge in [-0.25, -0.2) is 4.68 Å². The highest BCUT2D eigenvalue weighted by atomic mass is 32.1. The van der Waals surface area contributed by atoms with E-state index in [1.54, 1.807) is 7.11 Å². The van der Waals surface area contributed by atoms with Gasteiger partial charge in [-0.1, -0.05) is 30.3 Å². The highest BCUT2D eigenvalue weighted by Crippen LogP contribution is 2.39. The highest BCUT2D eigenvalue weighted by Gasteiger charge is 2.30. The summed E-state index contributed by atoms with van der Waals surface area (Å²) in [6.45, 7) is 5.56. The van der Waals surface area contributed by atoms with Crippen LogP contribution in [0.1, 0.15) is 30.1 Å². The molecule has 1 aromatic heterocycles. The average molecular weight is 436 g/mol. The first-order valence-corrected chi connectivity index (χ1v) is 11.4. The summed E-state index contributed by atoms with van der Waals surface area (Å²) in [6, 6.07) is 18.9. The Labute approximate surface area is 188 Å². The van der Waals surface area contributed by atoms with Gasteiger partial charge in [-0.3, -0.25) is 9.47 Å². The average Bonchev–Trinajstić information content (AvgIpc) is 3.62. The van der Waals surface area contributed by atoms with E-state index in [-0.39, 0.29) is 0 Å². The molecule has 2 aromatic carbocycles. The van der Waals surface area contributed by atoms with Gasteiger partial charge in [0.15, 0.2) is 4.77 Å². The number of hydrogen-bond acceptors (Lipinski definition) is 5. The number of hydrogen-bond donors (Lipinski definition) is 0. The molecule has 0 atom stereocenters. The van der Waals surface area contributed by atoms with Crippen molar-refractivity contribution in [2.24, 2.45) is 0 Å². The fraction of sp³-hybridized carbons (Fsp3) is 0.417. The van der Waals surface area contributed by atoms with Gasteiger partial charge in [-0.05, 0) is 54.9 Å². The topological polar surface area (TPSA) is 38.5 Å². The molecular weight excluding hydrogens is 406 g/mol. The number of nitrogens with zero attached hydrogens (tertiary/aromatic N) is 5. The Morgan fingerprint density at radius 2 is 1.68 bits per heavy atom. The summed E-state index contributed by atoms with van der Waals surface area (Å²) in [5, 5.41) is 4.96. The molecule has 7 heteroatoms. The quantitative estimate of drug-likeness (QED) is 0.522. The van der Waals surface area contributed by atoms with Crippen LogP contribution in [0, 0.1) is 4.77 Å². The zero-order chi connectivity index (χ0) is 21.2. The van der Waals surface area contributed by atoms with Crippen molar-refractivity contribution < 1.29 is 4.74 Å². The minimum absolute atomic E-state index is 0.568. The molecule has 31 heavy (non-hydrogen) atoms. The first kappa shape index (κ1) is 20.3. The Bertz CT molecular complexity index is 1060. The van der Waals surface area contributed by atoms with Crippen LogP contribution in [0.4, 0.5) is 5.69 Å². The van der Waals surface area contributed by atoms with E-state index in [4.69, 9.17) is 22.1 Å². The molecular formula is C24H29N5OS. The van der Waals surface area contributed by atoms with Crippen molar-refractivity contribution in [3.05, 3.63) is 70.8 Å². The van der Waals surface area contributed by atoms with E-state index in [0.29, 0.717) is 5.92 Å². The van der Waals surface area contributed by atoms with Crippen molar-refractivity contribution in [1.29, 1.82) is 0 Å². The molecule has 0 spiro atoms. The van der Waals surface area contributed by atoms with Crippen LogP contribution >= 0.6 is 12.2 Å². The molecule has 5 rings (SSSR count). The summed E-state index contributed by atoms with van der Waals surface area (Å²) in [6.07, 6.45) is 2.45. The summed E-state index contributed by atoms with van der Waals surface area (Å²) < 4.78 is 10.4. The van der Waals surface area contributed by atoms with Gasteiger partial charge in [0.1, 0.15) is 11.6 Å². The molecule has 2 heterocycles. The highest BCUT2D eigenvalue weighted by molar-refractivity contribution is 7.71. The van der Waals surface area contributed by atoms with Crippen molar-refractivity contribution in [2.45, 2.75) is 32.0 Å². The normalized spacial score (nSPS) is 17.1. The molecule has 1 saturated heterocycles. The Balaban J connectivity index is 1.26. The lowest BCUT2D eigenvalue weighted by atomic mass is 10.2. The summed E-state index contributed by atoms with van der Waals surface area (Å²) >= 11 is 5.87. The molecule has 1 aliphatic heterocycles. The maximum absolute atomic E-state index is 5.87. The smallest absolute Gasteiger partial charge is 0.199 e. The van der Waals surface area contributed by atoms with E-state index < -0.39 is 0 Å². The molecule has 3 aromatic rings. The fourth-order valence-electron chi connectivity index (χ4n) is 4.24. The Morgan fingerprint density at radius 3 is 2.32 bits per heavy atom. The third-order valence-corrected chi connectivity index (χ3v) is 6.65. The molecule has 0 unspecified atom stereocenters. The van der Waals surface area contributed by atoms with Gasteiger partial charge in [0.25, 0.3) is 0 Å². The predicted octanol–water partition coefficient (Wildman–Crippen LogP) is 4.13. The molecule has 162 valence electrons. The number of aromatic nitrogens is 3.